The van der Waals surface area contributed by atoms with Gasteiger partial charge < -0.3 is 0 Å². The molecule has 0 atom stereocenters. The fourth-order valence-corrected chi connectivity index (χ4v) is 3.25. The predicted molar refractivity (Wildman–Crippen MR) is 70.3 cm³/mol. The van der Waals surface area contributed by atoms with Crippen LogP contribution in [0.15, 0.2) is 16.6 Å². The largest absolute Gasteiger partial charge is 0.285 e. The summed E-state index contributed by atoms with van der Waals surface area (Å²) >= 11 is 1.61. The Morgan fingerprint density at radius 1 is 1.28 bits per heavy atom. The molecule has 1 aromatic heterocycles. The Kier molecular flexibility index (Phi) is 3.03. The summed E-state index contributed by atoms with van der Waals surface area (Å²) in [5, 5.41) is 2.97. The predicted octanol–water partition coefficient (Wildman–Crippen LogP) is 1.42. The highest BCUT2D eigenvalue weighted by molar-refractivity contribution is 7.09. The van der Waals surface area contributed by atoms with Gasteiger partial charge in [-0.25, -0.2) is 4.98 Å². The minimum Gasteiger partial charge on any atom is -0.285 e. The van der Waals surface area contributed by atoms with Gasteiger partial charge in [0.1, 0.15) is 16.4 Å². The van der Waals surface area contributed by atoms with E-state index in [1.807, 2.05) is 5.38 Å². The molecule has 0 unspecified atom stereocenters. The molecule has 6 heteroatoms. The molecule has 1 spiro atoms. The van der Waals surface area contributed by atoms with E-state index < -0.39 is 5.54 Å². The van der Waals surface area contributed by atoms with E-state index in [-0.39, 0.29) is 5.91 Å². The molecule has 2 N–H and O–H groups in total. The lowest BCUT2D eigenvalue weighted by molar-refractivity contribution is -0.128. The fourth-order valence-electron chi connectivity index (χ4n) is 2.63. The molecule has 2 heterocycles. The highest BCUT2D eigenvalue weighted by Gasteiger charge is 2.41. The third-order valence-corrected chi connectivity index (χ3v) is 4.35. The third kappa shape index (κ3) is 2.12. The van der Waals surface area contributed by atoms with Gasteiger partial charge in [-0.2, -0.15) is 0 Å². The van der Waals surface area contributed by atoms with Crippen LogP contribution < -0.4 is 10.9 Å². The zero-order valence-electron chi connectivity index (χ0n) is 10.1. The number of aromatic nitrogens is 1. The zero-order valence-corrected chi connectivity index (χ0v) is 10.9. The summed E-state index contributed by atoms with van der Waals surface area (Å²) in [6.07, 6.45) is 7.56. The molecule has 5 nitrogen and oxygen atoms in total. The van der Waals surface area contributed by atoms with E-state index in [9.17, 15) is 4.79 Å². The Balaban J connectivity index is 1.82. The average Bonchev–Trinajstić information content (AvgIpc) is 2.88. The normalized spacial score (nSPS) is 22.2. The number of rotatable bonds is 2. The van der Waals surface area contributed by atoms with E-state index in [1.54, 1.807) is 17.5 Å². The molecule has 3 rings (SSSR count). The van der Waals surface area contributed by atoms with Gasteiger partial charge in [0.2, 0.25) is 0 Å². The molecule has 18 heavy (non-hydrogen) atoms. The molecule has 1 aliphatic heterocycles. The van der Waals surface area contributed by atoms with Crippen LogP contribution in [-0.2, 0) is 11.2 Å². The summed E-state index contributed by atoms with van der Waals surface area (Å²) in [5.41, 5.74) is 5.14. The van der Waals surface area contributed by atoms with Crippen LogP contribution in [0.4, 0.5) is 0 Å². The van der Waals surface area contributed by atoms with E-state index >= 15 is 0 Å². The van der Waals surface area contributed by atoms with Crippen molar-refractivity contribution in [2.45, 2.75) is 44.1 Å². The van der Waals surface area contributed by atoms with Crippen molar-refractivity contribution in [1.29, 1.82) is 0 Å². The van der Waals surface area contributed by atoms with E-state index in [0.29, 0.717) is 6.42 Å². The third-order valence-electron chi connectivity index (χ3n) is 3.57. The quantitative estimate of drug-likeness (QED) is 0.849. The molecular weight excluding hydrogens is 248 g/mol. The second kappa shape index (κ2) is 4.68. The molecule has 0 saturated heterocycles. The Labute approximate surface area is 110 Å². The van der Waals surface area contributed by atoms with Crippen molar-refractivity contribution in [3.8, 4) is 0 Å². The molecule has 1 amide bonds. The molecule has 1 aliphatic carbocycles. The van der Waals surface area contributed by atoms with Crippen LogP contribution in [-0.4, -0.2) is 22.3 Å². The van der Waals surface area contributed by atoms with E-state index in [0.717, 1.165) is 36.5 Å². The summed E-state index contributed by atoms with van der Waals surface area (Å²) < 4.78 is 0. The Bertz CT molecular complexity index is 462. The maximum atomic E-state index is 12.0. The second-order valence-corrected chi connectivity index (χ2v) is 5.81. The first-order valence-corrected chi connectivity index (χ1v) is 7.20. The summed E-state index contributed by atoms with van der Waals surface area (Å²) in [6.45, 7) is 0. The number of nitrogens with zero attached hydrogens (tertiary/aromatic N) is 2. The minimum atomic E-state index is -0.518. The summed E-state index contributed by atoms with van der Waals surface area (Å²) in [7, 11) is 0. The van der Waals surface area contributed by atoms with Crippen LogP contribution in [0.25, 0.3) is 0 Å². The molecule has 96 valence electrons. The molecule has 0 aromatic carbocycles. The van der Waals surface area contributed by atoms with Crippen LogP contribution in [0.3, 0.4) is 0 Å². The van der Waals surface area contributed by atoms with Crippen LogP contribution >= 0.6 is 11.3 Å². The monoisotopic (exact) mass is 264 g/mol. The van der Waals surface area contributed by atoms with Crippen LogP contribution in [0.1, 0.15) is 37.1 Å². The summed E-state index contributed by atoms with van der Waals surface area (Å²) in [4.78, 5) is 21.0. The standard InChI is InChI=1S/C12H16N4OS/c17-11-12(4-2-1-3-5-12)14-9(15-16-11)8-10-13-6-7-18-10/h6-7H,1-5,8H2,(H,14,15)(H,16,17). The van der Waals surface area contributed by atoms with Gasteiger partial charge in [-0.05, 0) is 12.8 Å². The summed E-state index contributed by atoms with van der Waals surface area (Å²) in [5.74, 6) is 0.844. The van der Waals surface area contributed by atoms with Crippen LogP contribution in [0.2, 0.25) is 0 Å². The van der Waals surface area contributed by atoms with Gasteiger partial charge >= 0.3 is 0 Å². The van der Waals surface area contributed by atoms with Gasteiger partial charge in [0, 0.05) is 11.6 Å². The number of aliphatic imine (C=N–C) groups is 1. The maximum absolute atomic E-state index is 12.0. The number of hydrazine groups is 1. The van der Waals surface area contributed by atoms with Crippen LogP contribution in [0, 0.1) is 0 Å². The number of hydrogen-bond donors (Lipinski definition) is 2. The second-order valence-electron chi connectivity index (χ2n) is 4.83. The zero-order chi connectivity index (χ0) is 12.4. The number of hydrogen-bond acceptors (Lipinski definition) is 5. The highest BCUT2D eigenvalue weighted by atomic mass is 32.1. The Morgan fingerprint density at radius 2 is 2.11 bits per heavy atom. The fraction of sp³-hybridized carbons (Fsp3) is 0.583. The van der Waals surface area contributed by atoms with Gasteiger partial charge in [-0.1, -0.05) is 19.3 Å². The van der Waals surface area contributed by atoms with Crippen molar-refractivity contribution in [2.75, 3.05) is 0 Å². The van der Waals surface area contributed by atoms with Gasteiger partial charge in [-0.3, -0.25) is 20.6 Å². The molecule has 1 aromatic rings. The molecule has 1 fully saturated rings. The number of amides is 1. The maximum Gasteiger partial charge on any atom is 0.266 e. The lowest BCUT2D eigenvalue weighted by Crippen LogP contribution is -2.58. The number of nitrogens with one attached hydrogen (secondary N) is 2. The van der Waals surface area contributed by atoms with Gasteiger partial charge in [0.25, 0.3) is 5.91 Å². The van der Waals surface area contributed by atoms with Crippen molar-refractivity contribution in [1.82, 2.24) is 15.8 Å². The van der Waals surface area contributed by atoms with Gasteiger partial charge in [-0.15, -0.1) is 11.3 Å². The minimum absolute atomic E-state index is 0.0186. The molecule has 1 saturated carbocycles. The lowest BCUT2D eigenvalue weighted by Gasteiger charge is -2.36. The van der Waals surface area contributed by atoms with Crippen molar-refractivity contribution in [2.24, 2.45) is 4.99 Å². The first-order chi connectivity index (χ1) is 8.78. The van der Waals surface area contributed by atoms with Gasteiger partial charge in [0.05, 0.1) is 6.42 Å². The smallest absolute Gasteiger partial charge is 0.266 e. The Morgan fingerprint density at radius 3 is 2.83 bits per heavy atom. The van der Waals surface area contributed by atoms with Crippen molar-refractivity contribution in [3.05, 3.63) is 16.6 Å². The number of carbonyl (C=O) groups is 1. The molecule has 0 radical (unpaired) electrons. The SMILES string of the molecule is O=C1NNC(Cc2nccs2)=NC12CCCCC2. The highest BCUT2D eigenvalue weighted by Crippen LogP contribution is 2.33. The van der Waals surface area contributed by atoms with Crippen LogP contribution in [0.5, 0.6) is 0 Å². The molecule has 0 bridgehead atoms. The van der Waals surface area contributed by atoms with Crippen molar-refractivity contribution < 1.29 is 4.79 Å². The molecule has 2 aliphatic rings. The van der Waals surface area contributed by atoms with Crippen molar-refractivity contribution >= 4 is 23.1 Å². The average molecular weight is 264 g/mol. The first kappa shape index (κ1) is 11.6. The lowest BCUT2D eigenvalue weighted by atomic mass is 9.81. The van der Waals surface area contributed by atoms with E-state index in [1.165, 1.54) is 6.42 Å². The number of amidine groups is 1. The first-order valence-electron chi connectivity index (χ1n) is 6.32. The Hall–Kier alpha value is -1.43. The molecular formula is C12H16N4OS. The topological polar surface area (TPSA) is 66.4 Å². The van der Waals surface area contributed by atoms with Gasteiger partial charge in [0.15, 0.2) is 0 Å². The number of thiazole rings is 1. The van der Waals surface area contributed by atoms with E-state index in [2.05, 4.69) is 20.8 Å². The number of carbonyl (C=O) groups excluding carboxylic acids is 1. The van der Waals surface area contributed by atoms with E-state index in [4.69, 9.17) is 0 Å². The summed E-state index contributed by atoms with van der Waals surface area (Å²) in [6, 6.07) is 0. The van der Waals surface area contributed by atoms with Crippen molar-refractivity contribution in [3.63, 3.8) is 0 Å².